The van der Waals surface area contributed by atoms with Gasteiger partial charge in [-0.15, -0.1) is 0 Å². The molecular weight excluding hydrogens is 342 g/mol. The number of carbonyl (C=O) groups is 2. The molecule has 0 saturated carbocycles. The highest BCUT2D eigenvalue weighted by molar-refractivity contribution is 5.82. The van der Waals surface area contributed by atoms with Crippen molar-refractivity contribution in [2.45, 2.75) is 32.3 Å². The molecule has 1 aliphatic heterocycles. The maximum absolute atomic E-state index is 12.8. The Balaban J connectivity index is 1.81. The number of amides is 1. The van der Waals surface area contributed by atoms with Crippen LogP contribution < -0.4 is 0 Å². The zero-order valence-corrected chi connectivity index (χ0v) is 15.5. The van der Waals surface area contributed by atoms with Crippen molar-refractivity contribution >= 4 is 11.9 Å². The molecule has 2 aromatic rings. The summed E-state index contributed by atoms with van der Waals surface area (Å²) < 4.78 is 0. The average molecular weight is 367 g/mol. The van der Waals surface area contributed by atoms with Gasteiger partial charge in [0.05, 0.1) is 12.5 Å². The van der Waals surface area contributed by atoms with Crippen molar-refractivity contribution in [3.63, 3.8) is 0 Å². The molecule has 0 bridgehead atoms. The number of carboxylic acid groups (broad SMARTS) is 1. The molecule has 27 heavy (non-hydrogen) atoms. The van der Waals surface area contributed by atoms with Gasteiger partial charge in [-0.05, 0) is 36.5 Å². The van der Waals surface area contributed by atoms with E-state index in [4.69, 9.17) is 0 Å². The molecule has 5 heteroatoms. The van der Waals surface area contributed by atoms with Crippen LogP contribution in [0.1, 0.15) is 23.1 Å². The van der Waals surface area contributed by atoms with E-state index in [1.54, 1.807) is 4.90 Å². The normalized spacial score (nSPS) is 22.4. The van der Waals surface area contributed by atoms with Crippen molar-refractivity contribution in [2.75, 3.05) is 13.1 Å². The lowest BCUT2D eigenvalue weighted by Crippen LogP contribution is -2.58. The first-order valence-corrected chi connectivity index (χ1v) is 9.20. The summed E-state index contributed by atoms with van der Waals surface area (Å²) in [4.78, 5) is 26.6. The number of nitrogens with zero attached hydrogens (tertiary/aromatic N) is 1. The number of aliphatic hydroxyl groups is 1. The second kappa shape index (κ2) is 7.92. The minimum Gasteiger partial charge on any atom is -0.481 e. The highest BCUT2D eigenvalue weighted by atomic mass is 16.4. The van der Waals surface area contributed by atoms with Gasteiger partial charge in [-0.25, -0.2) is 0 Å². The topological polar surface area (TPSA) is 77.8 Å². The molecule has 142 valence electrons. The Morgan fingerprint density at radius 1 is 1.11 bits per heavy atom. The number of piperidine rings is 1. The van der Waals surface area contributed by atoms with Gasteiger partial charge in [0.2, 0.25) is 5.91 Å². The first-order chi connectivity index (χ1) is 12.9. The third kappa shape index (κ3) is 4.03. The smallest absolute Gasteiger partial charge is 0.314 e. The van der Waals surface area contributed by atoms with Crippen molar-refractivity contribution in [3.05, 3.63) is 71.3 Å². The lowest BCUT2D eigenvalue weighted by molar-refractivity contribution is -0.165. The van der Waals surface area contributed by atoms with Crippen LogP contribution in [-0.4, -0.2) is 46.2 Å². The Labute approximate surface area is 159 Å². The Bertz CT molecular complexity index is 820. The van der Waals surface area contributed by atoms with Crippen LogP contribution in [0.15, 0.2) is 54.6 Å². The second-order valence-electron chi connectivity index (χ2n) is 7.35. The van der Waals surface area contributed by atoms with Gasteiger partial charge in [-0.3, -0.25) is 9.59 Å². The fourth-order valence-corrected chi connectivity index (χ4v) is 3.80. The number of likely N-dealkylation sites (tertiary alicyclic amines) is 1. The molecule has 1 saturated heterocycles. The second-order valence-corrected chi connectivity index (χ2v) is 7.35. The molecule has 1 amide bonds. The molecule has 0 radical (unpaired) electrons. The molecule has 0 unspecified atom stereocenters. The molecule has 3 rings (SSSR count). The fraction of sp³-hybridized carbons (Fsp3) is 0.364. The number of aliphatic carboxylic acids is 1. The first-order valence-electron chi connectivity index (χ1n) is 9.20. The number of carboxylic acids is 1. The highest BCUT2D eigenvalue weighted by Gasteiger charge is 2.50. The van der Waals surface area contributed by atoms with Crippen LogP contribution in [-0.2, 0) is 22.4 Å². The monoisotopic (exact) mass is 367 g/mol. The van der Waals surface area contributed by atoms with Crippen molar-refractivity contribution in [1.29, 1.82) is 0 Å². The molecule has 0 aliphatic carbocycles. The number of aryl methyl sites for hydroxylation is 1. The Morgan fingerprint density at radius 2 is 1.78 bits per heavy atom. The van der Waals surface area contributed by atoms with Crippen molar-refractivity contribution in [1.82, 2.24) is 4.90 Å². The molecular formula is C22H25NO4. The predicted molar refractivity (Wildman–Crippen MR) is 102 cm³/mol. The lowest BCUT2D eigenvalue weighted by atomic mass is 9.72. The largest absolute Gasteiger partial charge is 0.481 e. The van der Waals surface area contributed by atoms with E-state index in [0.717, 1.165) is 16.7 Å². The fourth-order valence-electron chi connectivity index (χ4n) is 3.80. The summed E-state index contributed by atoms with van der Waals surface area (Å²) in [6.07, 6.45) is -0.293. The van der Waals surface area contributed by atoms with Crippen LogP contribution in [0.4, 0.5) is 0 Å². The number of hydrogen-bond acceptors (Lipinski definition) is 3. The maximum atomic E-state index is 12.8. The van der Waals surface area contributed by atoms with E-state index < -0.39 is 17.5 Å². The average Bonchev–Trinajstić information content (AvgIpc) is 2.66. The summed E-state index contributed by atoms with van der Waals surface area (Å²) in [5.41, 5.74) is 1.43. The van der Waals surface area contributed by atoms with E-state index in [1.165, 1.54) is 0 Å². The summed E-state index contributed by atoms with van der Waals surface area (Å²) in [5.74, 6) is -1.16. The molecule has 2 aromatic carbocycles. The summed E-state index contributed by atoms with van der Waals surface area (Å²) >= 11 is 0. The Morgan fingerprint density at radius 3 is 2.44 bits per heavy atom. The standard InChI is InChI=1S/C22H25NO4/c1-16-7-5-6-10-18(16)13-20(25)23-12-11-19(24)22(15-23,21(26)27)14-17-8-3-2-4-9-17/h2-10,19,24H,11-15H2,1H3,(H,26,27)/t19-,22-/m0/s1. The third-order valence-corrected chi connectivity index (χ3v) is 5.53. The number of rotatable bonds is 5. The summed E-state index contributed by atoms with van der Waals surface area (Å²) in [5, 5.41) is 20.5. The Hall–Kier alpha value is -2.66. The van der Waals surface area contributed by atoms with Crippen LogP contribution in [0.5, 0.6) is 0 Å². The summed E-state index contributed by atoms with van der Waals surface area (Å²) in [6, 6.07) is 17.0. The van der Waals surface area contributed by atoms with Gasteiger partial charge >= 0.3 is 5.97 Å². The third-order valence-electron chi connectivity index (χ3n) is 5.53. The zero-order chi connectivity index (χ0) is 19.4. The number of hydrogen-bond donors (Lipinski definition) is 2. The van der Waals surface area contributed by atoms with Crippen LogP contribution in [0.2, 0.25) is 0 Å². The van der Waals surface area contributed by atoms with Crippen molar-refractivity contribution < 1.29 is 19.8 Å². The molecule has 1 fully saturated rings. The summed E-state index contributed by atoms with van der Waals surface area (Å²) in [6.45, 7) is 2.35. The lowest BCUT2D eigenvalue weighted by Gasteiger charge is -2.43. The molecule has 5 nitrogen and oxygen atoms in total. The quantitative estimate of drug-likeness (QED) is 0.851. The predicted octanol–water partition coefficient (Wildman–Crippen LogP) is 2.44. The number of carbonyl (C=O) groups excluding carboxylic acids is 1. The van der Waals surface area contributed by atoms with Gasteiger partial charge in [0.15, 0.2) is 0 Å². The van der Waals surface area contributed by atoms with Crippen LogP contribution in [0, 0.1) is 12.3 Å². The molecule has 2 atom stereocenters. The van der Waals surface area contributed by atoms with E-state index in [9.17, 15) is 19.8 Å². The van der Waals surface area contributed by atoms with Gasteiger partial charge in [-0.2, -0.15) is 0 Å². The molecule has 0 aromatic heterocycles. The van der Waals surface area contributed by atoms with Crippen molar-refractivity contribution in [3.8, 4) is 0 Å². The van der Waals surface area contributed by atoms with E-state index in [0.29, 0.717) is 6.54 Å². The van der Waals surface area contributed by atoms with E-state index in [1.807, 2.05) is 61.5 Å². The van der Waals surface area contributed by atoms with Crippen molar-refractivity contribution in [2.24, 2.45) is 5.41 Å². The van der Waals surface area contributed by atoms with E-state index in [-0.39, 0.29) is 31.7 Å². The van der Waals surface area contributed by atoms with Gasteiger partial charge < -0.3 is 15.1 Å². The van der Waals surface area contributed by atoms with E-state index >= 15 is 0 Å². The van der Waals surface area contributed by atoms with Gasteiger partial charge in [0, 0.05) is 13.1 Å². The Kier molecular flexibility index (Phi) is 5.61. The first kappa shape index (κ1) is 19.1. The number of aliphatic hydroxyl groups excluding tert-OH is 1. The summed E-state index contributed by atoms with van der Waals surface area (Å²) in [7, 11) is 0. The molecule has 1 heterocycles. The van der Waals surface area contributed by atoms with Gasteiger partial charge in [0.1, 0.15) is 5.41 Å². The molecule has 0 spiro atoms. The van der Waals surface area contributed by atoms with Crippen LogP contribution in [0.3, 0.4) is 0 Å². The zero-order valence-electron chi connectivity index (χ0n) is 15.5. The highest BCUT2D eigenvalue weighted by Crippen LogP contribution is 2.35. The maximum Gasteiger partial charge on any atom is 0.314 e. The van der Waals surface area contributed by atoms with Crippen LogP contribution >= 0.6 is 0 Å². The molecule has 2 N–H and O–H groups in total. The van der Waals surface area contributed by atoms with E-state index in [2.05, 4.69) is 0 Å². The van der Waals surface area contributed by atoms with Gasteiger partial charge in [0.25, 0.3) is 0 Å². The minimum atomic E-state index is -1.39. The number of benzene rings is 2. The van der Waals surface area contributed by atoms with Crippen LogP contribution in [0.25, 0.3) is 0 Å². The minimum absolute atomic E-state index is 0.0170. The SMILES string of the molecule is Cc1ccccc1CC(=O)N1CC[C@H](O)[C@@](Cc2ccccc2)(C(=O)O)C1. The van der Waals surface area contributed by atoms with Gasteiger partial charge in [-0.1, -0.05) is 54.6 Å². The molecule has 1 aliphatic rings.